The summed E-state index contributed by atoms with van der Waals surface area (Å²) in [5, 5.41) is 0. The smallest absolute Gasteiger partial charge is 0.311 e. The third-order valence-electron chi connectivity index (χ3n) is 3.90. The predicted molar refractivity (Wildman–Crippen MR) is 64.7 cm³/mol. The van der Waals surface area contributed by atoms with Gasteiger partial charge in [-0.2, -0.15) is 0 Å². The lowest BCUT2D eigenvalue weighted by molar-refractivity contribution is -0.156. The molecule has 18 heavy (non-hydrogen) atoms. The summed E-state index contributed by atoms with van der Waals surface area (Å²) in [4.78, 5) is 35.2. The van der Waals surface area contributed by atoms with Gasteiger partial charge < -0.3 is 4.74 Å². The second-order valence-corrected chi connectivity index (χ2v) is 6.33. The zero-order chi connectivity index (χ0) is 13.7. The van der Waals surface area contributed by atoms with Crippen LogP contribution in [-0.4, -0.2) is 24.1 Å². The fraction of sp³-hybridized carbons (Fsp3) is 0.643. The first-order valence-corrected chi connectivity index (χ1v) is 6.12. The molecule has 0 aliphatic heterocycles. The molecule has 0 aromatic rings. The van der Waals surface area contributed by atoms with E-state index < -0.39 is 22.5 Å². The molecule has 0 heterocycles. The lowest BCUT2D eigenvalue weighted by atomic mass is 9.66. The molecule has 98 valence electrons. The van der Waals surface area contributed by atoms with Gasteiger partial charge in [0.25, 0.3) is 0 Å². The minimum absolute atomic E-state index is 0.00197. The van der Waals surface area contributed by atoms with Crippen molar-refractivity contribution in [2.75, 3.05) is 6.61 Å². The van der Waals surface area contributed by atoms with Crippen LogP contribution in [0.4, 0.5) is 0 Å². The van der Waals surface area contributed by atoms with Crippen molar-refractivity contribution in [2.45, 2.75) is 27.7 Å². The quantitative estimate of drug-likeness (QED) is 0.423. The molecule has 0 spiro atoms. The average Bonchev–Trinajstić information content (AvgIpc) is 2.35. The van der Waals surface area contributed by atoms with Gasteiger partial charge in [0.1, 0.15) is 6.61 Å². The molecule has 3 atom stereocenters. The van der Waals surface area contributed by atoms with Crippen molar-refractivity contribution in [3.63, 3.8) is 0 Å². The highest BCUT2D eigenvalue weighted by atomic mass is 16.5. The van der Waals surface area contributed by atoms with Crippen molar-refractivity contribution in [1.82, 2.24) is 0 Å². The van der Waals surface area contributed by atoms with Crippen molar-refractivity contribution < 1.29 is 19.1 Å². The first-order chi connectivity index (χ1) is 8.18. The van der Waals surface area contributed by atoms with Crippen LogP contribution in [-0.2, 0) is 19.1 Å². The monoisotopic (exact) mass is 250 g/mol. The Morgan fingerprint density at radius 2 is 1.94 bits per heavy atom. The van der Waals surface area contributed by atoms with Gasteiger partial charge in [-0.25, -0.2) is 0 Å². The summed E-state index contributed by atoms with van der Waals surface area (Å²) in [7, 11) is 0. The standard InChI is InChI=1S/C14H18O4/c1-13(2,3)12(17)18-7-9-11(16)10(15)8-5-6-14(8,9)4/h5-6,8-9H,7H2,1-4H3/t8-,9+,14-/m1/s1. The Bertz CT molecular complexity index is 455. The van der Waals surface area contributed by atoms with E-state index in [9.17, 15) is 14.4 Å². The number of carbonyl (C=O) groups is 3. The molecule has 2 aliphatic rings. The van der Waals surface area contributed by atoms with Crippen LogP contribution in [0, 0.1) is 22.7 Å². The van der Waals surface area contributed by atoms with E-state index in [1.807, 2.05) is 13.0 Å². The fourth-order valence-corrected chi connectivity index (χ4v) is 2.44. The summed E-state index contributed by atoms with van der Waals surface area (Å²) >= 11 is 0. The Morgan fingerprint density at radius 1 is 1.33 bits per heavy atom. The second kappa shape index (κ2) is 3.77. The van der Waals surface area contributed by atoms with Crippen LogP contribution in [0.25, 0.3) is 0 Å². The van der Waals surface area contributed by atoms with Gasteiger partial charge in [-0.15, -0.1) is 0 Å². The molecule has 0 N–H and O–H groups in total. The summed E-state index contributed by atoms with van der Waals surface area (Å²) in [6.45, 7) is 7.13. The largest absolute Gasteiger partial charge is 0.464 e. The summed E-state index contributed by atoms with van der Waals surface area (Å²) in [6, 6.07) is 0. The number of carbonyl (C=O) groups excluding carboxylic acids is 3. The summed E-state index contributed by atoms with van der Waals surface area (Å²) in [6.07, 6.45) is 3.63. The van der Waals surface area contributed by atoms with Gasteiger partial charge in [0.2, 0.25) is 11.6 Å². The van der Waals surface area contributed by atoms with Crippen molar-refractivity contribution in [2.24, 2.45) is 22.7 Å². The van der Waals surface area contributed by atoms with Crippen LogP contribution >= 0.6 is 0 Å². The van der Waals surface area contributed by atoms with E-state index in [1.165, 1.54) is 0 Å². The van der Waals surface area contributed by atoms with Crippen LogP contribution in [0.1, 0.15) is 27.7 Å². The normalized spacial score (nSPS) is 34.2. The Kier molecular flexibility index (Phi) is 2.72. The van der Waals surface area contributed by atoms with E-state index in [0.717, 1.165) is 0 Å². The summed E-state index contributed by atoms with van der Waals surface area (Å²) in [5.74, 6) is -1.95. The molecule has 0 aromatic heterocycles. The molecule has 0 saturated heterocycles. The Balaban J connectivity index is 2.07. The molecule has 4 nitrogen and oxygen atoms in total. The van der Waals surface area contributed by atoms with Crippen LogP contribution in [0.2, 0.25) is 0 Å². The van der Waals surface area contributed by atoms with Gasteiger partial charge in [-0.1, -0.05) is 19.1 Å². The molecule has 0 unspecified atom stereocenters. The number of rotatable bonds is 2. The molecule has 0 amide bonds. The van der Waals surface area contributed by atoms with Gasteiger partial charge in [-0.3, -0.25) is 14.4 Å². The van der Waals surface area contributed by atoms with Gasteiger partial charge in [0.15, 0.2) is 0 Å². The first kappa shape index (κ1) is 13.0. The third-order valence-corrected chi connectivity index (χ3v) is 3.90. The van der Waals surface area contributed by atoms with Crippen molar-refractivity contribution in [3.8, 4) is 0 Å². The van der Waals surface area contributed by atoms with Crippen LogP contribution in [0.3, 0.4) is 0 Å². The average molecular weight is 250 g/mol. The first-order valence-electron chi connectivity index (χ1n) is 6.12. The molecule has 2 aliphatic carbocycles. The van der Waals surface area contributed by atoms with E-state index in [-0.39, 0.29) is 24.3 Å². The lowest BCUT2D eigenvalue weighted by Gasteiger charge is -2.36. The minimum Gasteiger partial charge on any atom is -0.464 e. The van der Waals surface area contributed by atoms with E-state index in [0.29, 0.717) is 0 Å². The number of hydrogen-bond acceptors (Lipinski definition) is 4. The maximum Gasteiger partial charge on any atom is 0.311 e. The highest BCUT2D eigenvalue weighted by molar-refractivity contribution is 6.42. The van der Waals surface area contributed by atoms with Gasteiger partial charge in [0.05, 0.1) is 17.3 Å². The van der Waals surface area contributed by atoms with Crippen molar-refractivity contribution in [3.05, 3.63) is 12.2 Å². The molecule has 4 heteroatoms. The van der Waals surface area contributed by atoms with Gasteiger partial charge in [0, 0.05) is 5.41 Å². The molecule has 1 fully saturated rings. The lowest BCUT2D eigenvalue weighted by Crippen LogP contribution is -2.37. The van der Waals surface area contributed by atoms with Gasteiger partial charge in [-0.05, 0) is 20.8 Å². The number of allylic oxidation sites excluding steroid dienone is 2. The minimum atomic E-state index is -0.596. The van der Waals surface area contributed by atoms with E-state index >= 15 is 0 Å². The van der Waals surface area contributed by atoms with E-state index in [4.69, 9.17) is 4.74 Å². The number of Topliss-reactive ketones (excluding diaryl/α,β-unsaturated/α-hetero) is 2. The molecule has 1 saturated carbocycles. The third kappa shape index (κ3) is 1.71. The maximum atomic E-state index is 11.9. The molecule has 2 rings (SSSR count). The molecule has 0 radical (unpaired) electrons. The van der Waals surface area contributed by atoms with Crippen LogP contribution in [0.15, 0.2) is 12.2 Å². The van der Waals surface area contributed by atoms with Crippen LogP contribution < -0.4 is 0 Å². The Labute approximate surface area is 106 Å². The van der Waals surface area contributed by atoms with Gasteiger partial charge >= 0.3 is 5.97 Å². The summed E-state index contributed by atoms with van der Waals surface area (Å²) < 4.78 is 5.18. The van der Waals surface area contributed by atoms with Crippen LogP contribution in [0.5, 0.6) is 0 Å². The fourth-order valence-electron chi connectivity index (χ4n) is 2.44. The molecular formula is C14H18O4. The molecule has 0 bridgehead atoms. The number of fused-ring (bicyclic) bond motifs is 1. The maximum absolute atomic E-state index is 11.9. The van der Waals surface area contributed by atoms with E-state index in [2.05, 4.69) is 0 Å². The highest BCUT2D eigenvalue weighted by Gasteiger charge is 2.59. The SMILES string of the molecule is CC(C)(C)C(=O)OC[C@H]1C(=O)C(=O)[C@H]2C=C[C@]21C. The molecule has 0 aromatic carbocycles. The topological polar surface area (TPSA) is 60.4 Å². The zero-order valence-corrected chi connectivity index (χ0v) is 11.1. The second-order valence-electron chi connectivity index (χ2n) is 6.33. The Hall–Kier alpha value is -1.45. The van der Waals surface area contributed by atoms with Crippen molar-refractivity contribution in [1.29, 1.82) is 0 Å². The zero-order valence-electron chi connectivity index (χ0n) is 11.1. The number of ketones is 2. The van der Waals surface area contributed by atoms with Crippen molar-refractivity contribution >= 4 is 17.5 Å². The highest BCUT2D eigenvalue weighted by Crippen LogP contribution is 2.51. The Morgan fingerprint density at radius 3 is 2.33 bits per heavy atom. The predicted octanol–water partition coefficient (Wildman–Crippen LogP) is 1.54. The number of ether oxygens (including phenoxy) is 1. The summed E-state index contributed by atoms with van der Waals surface area (Å²) in [5.41, 5.74) is -1.05. The van der Waals surface area contributed by atoms with E-state index in [1.54, 1.807) is 26.8 Å². The molecular weight excluding hydrogens is 232 g/mol. The number of esters is 1. The number of hydrogen-bond donors (Lipinski definition) is 0.